The molecule has 2 N–H and O–H groups in total. The number of hydrogen-bond acceptors (Lipinski definition) is 4. The summed E-state index contributed by atoms with van der Waals surface area (Å²) in [6.07, 6.45) is 1.71. The van der Waals surface area contributed by atoms with E-state index in [1.54, 1.807) is 24.4 Å². The van der Waals surface area contributed by atoms with Gasteiger partial charge in [-0.25, -0.2) is 14.2 Å². The molecule has 6 nitrogen and oxygen atoms in total. The maximum Gasteiger partial charge on any atom is 0.335 e. The van der Waals surface area contributed by atoms with Gasteiger partial charge in [-0.3, -0.25) is 4.90 Å². The molecule has 0 aliphatic carbocycles. The number of imidazole rings is 1. The number of benzene rings is 2. The third-order valence-corrected chi connectivity index (χ3v) is 4.87. The van der Waals surface area contributed by atoms with Gasteiger partial charge in [0.25, 0.3) is 0 Å². The number of ether oxygens (including phenoxy) is 1. The number of carboxylic acid groups (broad SMARTS) is 1. The van der Waals surface area contributed by atoms with Crippen molar-refractivity contribution in [3.63, 3.8) is 0 Å². The second-order valence-corrected chi connectivity index (χ2v) is 6.76. The number of aromatic amines is 1. The van der Waals surface area contributed by atoms with E-state index in [0.29, 0.717) is 19.8 Å². The van der Waals surface area contributed by atoms with Crippen molar-refractivity contribution in [2.75, 3.05) is 19.8 Å². The first-order valence-electron chi connectivity index (χ1n) is 9.05. The van der Waals surface area contributed by atoms with E-state index in [-0.39, 0.29) is 17.4 Å². The number of nitrogens with zero attached hydrogens (tertiary/aromatic N) is 2. The van der Waals surface area contributed by atoms with Crippen molar-refractivity contribution in [2.24, 2.45) is 0 Å². The van der Waals surface area contributed by atoms with E-state index in [4.69, 9.17) is 9.84 Å². The normalized spacial score (nSPS) is 17.5. The van der Waals surface area contributed by atoms with Crippen LogP contribution in [0.3, 0.4) is 0 Å². The van der Waals surface area contributed by atoms with E-state index in [0.717, 1.165) is 29.2 Å². The minimum Gasteiger partial charge on any atom is -0.478 e. The number of carboxylic acids is 1. The topological polar surface area (TPSA) is 78.4 Å². The summed E-state index contributed by atoms with van der Waals surface area (Å²) in [5.74, 6) is -0.460. The molecule has 2 heterocycles. The van der Waals surface area contributed by atoms with Crippen LogP contribution in [0.25, 0.3) is 11.3 Å². The van der Waals surface area contributed by atoms with Gasteiger partial charge in [0.2, 0.25) is 0 Å². The molecule has 0 amide bonds. The molecule has 1 aromatic heterocycles. The molecule has 0 radical (unpaired) electrons. The van der Waals surface area contributed by atoms with Gasteiger partial charge in [-0.1, -0.05) is 24.3 Å². The Hall–Kier alpha value is -3.03. The van der Waals surface area contributed by atoms with E-state index < -0.39 is 5.97 Å². The zero-order valence-electron chi connectivity index (χ0n) is 15.1. The molecule has 1 aliphatic heterocycles. The first-order chi connectivity index (χ1) is 13.6. The van der Waals surface area contributed by atoms with Gasteiger partial charge in [-0.2, -0.15) is 0 Å². The number of H-pyrrole nitrogens is 1. The molecule has 2 aromatic carbocycles. The highest BCUT2D eigenvalue weighted by Crippen LogP contribution is 2.27. The van der Waals surface area contributed by atoms with Gasteiger partial charge >= 0.3 is 5.97 Å². The summed E-state index contributed by atoms with van der Waals surface area (Å²) < 4.78 is 19.1. The lowest BCUT2D eigenvalue weighted by molar-refractivity contribution is -0.0156. The van der Waals surface area contributed by atoms with Gasteiger partial charge in [0.05, 0.1) is 36.7 Å². The molecule has 1 saturated heterocycles. The van der Waals surface area contributed by atoms with Crippen molar-refractivity contribution < 1.29 is 19.0 Å². The monoisotopic (exact) mass is 381 g/mol. The number of nitrogens with one attached hydrogen (secondary N) is 1. The Bertz CT molecular complexity index is 971. The van der Waals surface area contributed by atoms with E-state index >= 15 is 0 Å². The average molecular weight is 381 g/mol. The number of hydrogen-bond donors (Lipinski definition) is 2. The molecule has 144 valence electrons. The third-order valence-electron chi connectivity index (χ3n) is 4.87. The minimum absolute atomic E-state index is 0.0600. The summed E-state index contributed by atoms with van der Waals surface area (Å²) in [5.41, 5.74) is 2.79. The predicted octanol–water partition coefficient (Wildman–Crippen LogP) is 3.49. The number of aromatic nitrogens is 2. The van der Waals surface area contributed by atoms with Gasteiger partial charge in [0.1, 0.15) is 11.6 Å². The van der Waals surface area contributed by atoms with Crippen molar-refractivity contribution in [2.45, 2.75) is 12.6 Å². The highest BCUT2D eigenvalue weighted by atomic mass is 19.1. The molecule has 28 heavy (non-hydrogen) atoms. The van der Waals surface area contributed by atoms with E-state index in [9.17, 15) is 9.18 Å². The highest BCUT2D eigenvalue weighted by Gasteiger charge is 2.27. The summed E-state index contributed by atoms with van der Waals surface area (Å²) in [7, 11) is 0. The van der Waals surface area contributed by atoms with Gasteiger partial charge in [0, 0.05) is 18.7 Å². The van der Waals surface area contributed by atoms with Crippen LogP contribution in [0.4, 0.5) is 4.39 Å². The lowest BCUT2D eigenvalue weighted by Gasteiger charge is -2.34. The van der Waals surface area contributed by atoms with Crippen molar-refractivity contribution in [1.29, 1.82) is 0 Å². The second-order valence-electron chi connectivity index (χ2n) is 6.76. The van der Waals surface area contributed by atoms with Gasteiger partial charge in [-0.05, 0) is 29.8 Å². The quantitative estimate of drug-likeness (QED) is 0.707. The van der Waals surface area contributed by atoms with Crippen LogP contribution in [-0.2, 0) is 11.3 Å². The zero-order valence-corrected chi connectivity index (χ0v) is 15.1. The van der Waals surface area contributed by atoms with Crippen molar-refractivity contribution >= 4 is 5.97 Å². The number of halogens is 1. The minimum atomic E-state index is -0.934. The van der Waals surface area contributed by atoms with E-state index in [1.165, 1.54) is 12.1 Å². The van der Waals surface area contributed by atoms with Crippen LogP contribution >= 0.6 is 0 Å². The fraction of sp³-hybridized carbons (Fsp3) is 0.238. The Morgan fingerprint density at radius 2 is 2.11 bits per heavy atom. The first-order valence-corrected chi connectivity index (χ1v) is 9.05. The zero-order chi connectivity index (χ0) is 19.5. The Balaban J connectivity index is 1.53. The van der Waals surface area contributed by atoms with Crippen molar-refractivity contribution in [3.05, 3.63) is 77.5 Å². The lowest BCUT2D eigenvalue weighted by atomic mass is 10.1. The summed E-state index contributed by atoms with van der Waals surface area (Å²) in [6.45, 7) is 2.52. The van der Waals surface area contributed by atoms with Crippen LogP contribution in [0, 0.1) is 5.82 Å². The Morgan fingerprint density at radius 1 is 1.29 bits per heavy atom. The van der Waals surface area contributed by atoms with Gasteiger partial charge in [-0.15, -0.1) is 0 Å². The summed E-state index contributed by atoms with van der Waals surface area (Å²) in [6, 6.07) is 13.2. The average Bonchev–Trinajstić information content (AvgIpc) is 3.19. The lowest BCUT2D eigenvalue weighted by Crippen LogP contribution is -2.39. The Morgan fingerprint density at radius 3 is 2.86 bits per heavy atom. The largest absolute Gasteiger partial charge is 0.478 e. The van der Waals surface area contributed by atoms with Gasteiger partial charge in [0.15, 0.2) is 0 Å². The van der Waals surface area contributed by atoms with Crippen LogP contribution in [0.5, 0.6) is 0 Å². The van der Waals surface area contributed by atoms with Crippen LogP contribution in [0.15, 0.2) is 54.7 Å². The van der Waals surface area contributed by atoms with Crippen molar-refractivity contribution in [3.8, 4) is 11.3 Å². The van der Waals surface area contributed by atoms with Crippen LogP contribution < -0.4 is 0 Å². The van der Waals surface area contributed by atoms with E-state index in [1.807, 2.05) is 18.2 Å². The molecule has 0 bridgehead atoms. The van der Waals surface area contributed by atoms with E-state index in [2.05, 4.69) is 14.9 Å². The molecule has 4 rings (SSSR count). The molecule has 1 atom stereocenters. The fourth-order valence-electron chi connectivity index (χ4n) is 3.38. The van der Waals surface area contributed by atoms with Gasteiger partial charge < -0.3 is 14.8 Å². The number of rotatable bonds is 5. The number of aromatic carboxylic acids is 1. The van der Waals surface area contributed by atoms with Crippen molar-refractivity contribution in [1.82, 2.24) is 14.9 Å². The molecule has 1 aliphatic rings. The second kappa shape index (κ2) is 7.92. The number of carbonyl (C=O) groups is 1. The maximum absolute atomic E-state index is 13.5. The molecular formula is C21H20FN3O3. The fourth-order valence-corrected chi connectivity index (χ4v) is 3.38. The van der Waals surface area contributed by atoms with Crippen LogP contribution in [-0.4, -0.2) is 45.7 Å². The summed E-state index contributed by atoms with van der Waals surface area (Å²) in [4.78, 5) is 21.0. The molecule has 1 unspecified atom stereocenters. The predicted molar refractivity (Wildman–Crippen MR) is 101 cm³/mol. The Kier molecular flexibility index (Phi) is 5.18. The Labute approximate surface area is 161 Å². The highest BCUT2D eigenvalue weighted by molar-refractivity contribution is 5.87. The molecular weight excluding hydrogens is 361 g/mol. The standard InChI is InChI=1S/C21H20FN3O3/c22-17-3-1-2-16(10-17)18-11-23-20(24-18)19-13-28-9-8-25(19)12-14-4-6-15(7-5-14)21(26)27/h1-7,10-11,19H,8-9,12-13H2,(H,23,24)(H,26,27). The molecule has 7 heteroatoms. The molecule has 0 saturated carbocycles. The SMILES string of the molecule is O=C(O)c1ccc(CN2CCOCC2c2ncc(-c3cccc(F)c3)[nH]2)cc1. The van der Waals surface area contributed by atoms with Crippen LogP contribution in [0.1, 0.15) is 27.8 Å². The summed E-state index contributed by atoms with van der Waals surface area (Å²) >= 11 is 0. The first kappa shape index (κ1) is 18.3. The summed E-state index contributed by atoms with van der Waals surface area (Å²) in [5, 5.41) is 9.04. The van der Waals surface area contributed by atoms with Crippen LogP contribution in [0.2, 0.25) is 0 Å². The number of morpholine rings is 1. The third kappa shape index (κ3) is 3.95. The molecule has 0 spiro atoms. The molecule has 1 fully saturated rings. The maximum atomic E-state index is 13.5. The smallest absolute Gasteiger partial charge is 0.335 e. The molecule has 3 aromatic rings.